The summed E-state index contributed by atoms with van der Waals surface area (Å²) in [5, 5.41) is 4.83. The van der Waals surface area contributed by atoms with Gasteiger partial charge in [0.1, 0.15) is 0 Å². The summed E-state index contributed by atoms with van der Waals surface area (Å²) in [5.74, 6) is 1.86. The second-order valence-corrected chi connectivity index (χ2v) is 16.1. The van der Waals surface area contributed by atoms with E-state index in [9.17, 15) is 0 Å². The number of fused-ring (bicyclic) bond motifs is 10. The summed E-state index contributed by atoms with van der Waals surface area (Å²) in [7, 11) is 0. The molecule has 0 amide bonds. The summed E-state index contributed by atoms with van der Waals surface area (Å²) in [4.78, 5) is 15.8. The van der Waals surface area contributed by atoms with Crippen molar-refractivity contribution in [1.29, 1.82) is 0 Å². The van der Waals surface area contributed by atoms with Gasteiger partial charge in [0.25, 0.3) is 0 Å². The van der Waals surface area contributed by atoms with E-state index in [0.29, 0.717) is 17.6 Å². The summed E-state index contributed by atoms with van der Waals surface area (Å²) in [5.41, 5.74) is 14.8. The zero-order valence-corrected chi connectivity index (χ0v) is 32.6. The highest BCUT2D eigenvalue weighted by Crippen LogP contribution is 2.52. The van der Waals surface area contributed by atoms with Crippen molar-refractivity contribution in [3.63, 3.8) is 0 Å². The molecule has 8 aromatic carbocycles. The molecule has 0 unspecified atom stereocenters. The van der Waals surface area contributed by atoms with Crippen molar-refractivity contribution in [3.05, 3.63) is 199 Å². The molecule has 0 bridgehead atoms. The van der Waals surface area contributed by atoms with Crippen molar-refractivity contribution in [2.24, 2.45) is 0 Å². The van der Waals surface area contributed by atoms with Crippen molar-refractivity contribution in [1.82, 2.24) is 24.1 Å². The van der Waals surface area contributed by atoms with E-state index in [4.69, 9.17) is 15.0 Å². The third kappa shape index (κ3) is 5.01. The molecule has 12 rings (SSSR count). The molecular weight excluding hydrogens is 719 g/mol. The number of hydrogen-bond acceptors (Lipinski definition) is 3. The van der Waals surface area contributed by atoms with Gasteiger partial charge in [-0.25, -0.2) is 4.98 Å². The molecule has 0 aliphatic heterocycles. The average Bonchev–Trinajstić information content (AvgIpc) is 3.89. The molecule has 5 nitrogen and oxygen atoms in total. The first-order chi connectivity index (χ1) is 29.0. The molecule has 3 heterocycles. The van der Waals surface area contributed by atoms with Crippen LogP contribution in [0.15, 0.2) is 188 Å². The lowest BCUT2D eigenvalue weighted by Gasteiger charge is -2.23. The topological polar surface area (TPSA) is 48.5 Å². The smallest absolute Gasteiger partial charge is 0.238 e. The molecule has 0 N–H and O–H groups in total. The minimum Gasteiger partial charge on any atom is -0.309 e. The lowest BCUT2D eigenvalue weighted by Crippen LogP contribution is -2.17. The predicted molar refractivity (Wildman–Crippen MR) is 242 cm³/mol. The van der Waals surface area contributed by atoms with Gasteiger partial charge in [0.15, 0.2) is 11.6 Å². The molecule has 11 aromatic rings. The number of rotatable bonds is 5. The monoisotopic (exact) mass is 755 g/mol. The van der Waals surface area contributed by atoms with Crippen LogP contribution in [0.3, 0.4) is 0 Å². The first-order valence-electron chi connectivity index (χ1n) is 20.2. The maximum absolute atomic E-state index is 5.34. The van der Waals surface area contributed by atoms with Crippen LogP contribution in [0.5, 0.6) is 0 Å². The van der Waals surface area contributed by atoms with E-state index in [2.05, 4.69) is 193 Å². The Kier molecular flexibility index (Phi) is 7.20. The van der Waals surface area contributed by atoms with Gasteiger partial charge in [0.05, 0.1) is 22.1 Å². The molecule has 0 saturated heterocycles. The molecule has 0 fully saturated rings. The maximum Gasteiger partial charge on any atom is 0.238 e. The largest absolute Gasteiger partial charge is 0.309 e. The quantitative estimate of drug-likeness (QED) is 0.176. The second-order valence-electron chi connectivity index (χ2n) is 16.1. The molecule has 3 aromatic heterocycles. The Labute approximate surface area is 341 Å². The van der Waals surface area contributed by atoms with E-state index >= 15 is 0 Å². The molecule has 5 heteroatoms. The summed E-state index contributed by atoms with van der Waals surface area (Å²) in [6.45, 7) is 4.68. The Balaban J connectivity index is 1.03. The van der Waals surface area contributed by atoms with Crippen LogP contribution in [-0.4, -0.2) is 24.1 Å². The Morgan fingerprint density at radius 2 is 0.949 bits per heavy atom. The predicted octanol–water partition coefficient (Wildman–Crippen LogP) is 13.4. The van der Waals surface area contributed by atoms with Gasteiger partial charge in [-0.2, -0.15) is 9.97 Å². The molecule has 0 spiro atoms. The Hall–Kier alpha value is -7.63. The van der Waals surface area contributed by atoms with E-state index in [0.717, 1.165) is 39.0 Å². The number of nitrogens with zero attached hydrogens (tertiary/aromatic N) is 5. The summed E-state index contributed by atoms with van der Waals surface area (Å²) in [6.07, 6.45) is 0. The van der Waals surface area contributed by atoms with Gasteiger partial charge in [0.2, 0.25) is 5.95 Å². The Bertz CT molecular complexity index is 3450. The second kappa shape index (κ2) is 12.7. The molecule has 59 heavy (non-hydrogen) atoms. The van der Waals surface area contributed by atoms with Gasteiger partial charge in [-0.3, -0.25) is 4.57 Å². The van der Waals surface area contributed by atoms with Crippen molar-refractivity contribution in [2.75, 3.05) is 0 Å². The van der Waals surface area contributed by atoms with Crippen LogP contribution < -0.4 is 0 Å². The van der Waals surface area contributed by atoms with Gasteiger partial charge in [-0.05, 0) is 69.8 Å². The molecule has 0 saturated carbocycles. The lowest BCUT2D eigenvalue weighted by atomic mass is 9.81. The molecular formula is C54H37N5. The number of para-hydroxylation sites is 3. The van der Waals surface area contributed by atoms with E-state index in [1.165, 1.54) is 54.8 Å². The van der Waals surface area contributed by atoms with Crippen molar-refractivity contribution >= 4 is 43.6 Å². The summed E-state index contributed by atoms with van der Waals surface area (Å²) >= 11 is 0. The summed E-state index contributed by atoms with van der Waals surface area (Å²) in [6, 6.07) is 67.0. The Morgan fingerprint density at radius 1 is 0.390 bits per heavy atom. The SMILES string of the molecule is CC1(C)c2ccccc2-c2ccc3c4ccccc4n(-c4nc(-c5ccccc5)nc(-c5ccc(-c6ccc7c(c6)c6ccccc6n7-c6ccccc6)cc5)n4)c3c21. The molecule has 0 atom stereocenters. The first kappa shape index (κ1) is 33.5. The van der Waals surface area contributed by atoms with Gasteiger partial charge in [-0.15, -0.1) is 0 Å². The molecule has 278 valence electrons. The number of hydrogen-bond donors (Lipinski definition) is 0. The van der Waals surface area contributed by atoms with Crippen LogP contribution in [-0.2, 0) is 5.41 Å². The highest BCUT2D eigenvalue weighted by Gasteiger charge is 2.38. The number of benzene rings is 8. The zero-order valence-electron chi connectivity index (χ0n) is 32.6. The van der Waals surface area contributed by atoms with Crippen molar-refractivity contribution < 1.29 is 0 Å². The Morgan fingerprint density at radius 3 is 1.69 bits per heavy atom. The third-order valence-corrected chi connectivity index (χ3v) is 12.4. The zero-order chi connectivity index (χ0) is 39.2. The minimum absolute atomic E-state index is 0.231. The fourth-order valence-electron chi connectivity index (χ4n) is 9.65. The molecule has 1 aliphatic rings. The minimum atomic E-state index is -0.231. The van der Waals surface area contributed by atoms with Crippen LogP contribution in [0.25, 0.3) is 100 Å². The van der Waals surface area contributed by atoms with Gasteiger partial charge < -0.3 is 4.57 Å². The average molecular weight is 756 g/mol. The van der Waals surface area contributed by atoms with E-state index in [1.54, 1.807) is 0 Å². The highest BCUT2D eigenvalue weighted by molar-refractivity contribution is 6.13. The standard InChI is InChI=1S/C54H37N5/c1-54(2)45-22-12-9-19-39(45)42-30-31-43-40-20-10-14-24-47(40)59(50(43)49(42)54)53-56-51(35-15-5-3-6-16-35)55-52(57-53)36-27-25-34(26-28-36)37-29-32-48-44(33-37)41-21-11-13-23-46(41)58(48)38-17-7-4-8-18-38/h3-33H,1-2H3. The summed E-state index contributed by atoms with van der Waals surface area (Å²) < 4.78 is 4.63. The van der Waals surface area contributed by atoms with Crippen LogP contribution >= 0.6 is 0 Å². The van der Waals surface area contributed by atoms with Crippen molar-refractivity contribution in [2.45, 2.75) is 19.3 Å². The number of aromatic nitrogens is 5. The molecule has 0 radical (unpaired) electrons. The van der Waals surface area contributed by atoms with Crippen LogP contribution in [0, 0.1) is 0 Å². The van der Waals surface area contributed by atoms with Gasteiger partial charge in [-0.1, -0.05) is 166 Å². The van der Waals surface area contributed by atoms with Gasteiger partial charge in [0, 0.05) is 43.8 Å². The van der Waals surface area contributed by atoms with Gasteiger partial charge >= 0.3 is 0 Å². The van der Waals surface area contributed by atoms with Crippen LogP contribution in [0.2, 0.25) is 0 Å². The third-order valence-electron chi connectivity index (χ3n) is 12.4. The highest BCUT2D eigenvalue weighted by atomic mass is 15.2. The fourth-order valence-corrected chi connectivity index (χ4v) is 9.65. The van der Waals surface area contributed by atoms with E-state index < -0.39 is 0 Å². The van der Waals surface area contributed by atoms with E-state index in [1.807, 2.05) is 18.2 Å². The maximum atomic E-state index is 5.34. The lowest BCUT2D eigenvalue weighted by molar-refractivity contribution is 0.663. The normalized spacial score (nSPS) is 13.1. The molecule has 1 aliphatic carbocycles. The van der Waals surface area contributed by atoms with E-state index in [-0.39, 0.29) is 5.41 Å². The fraction of sp³-hybridized carbons (Fsp3) is 0.0556. The van der Waals surface area contributed by atoms with Crippen molar-refractivity contribution in [3.8, 4) is 56.7 Å². The van der Waals surface area contributed by atoms with Crippen LogP contribution in [0.4, 0.5) is 0 Å². The first-order valence-corrected chi connectivity index (χ1v) is 20.2. The van der Waals surface area contributed by atoms with Crippen LogP contribution in [0.1, 0.15) is 25.0 Å².